The van der Waals surface area contributed by atoms with Crippen molar-refractivity contribution in [1.82, 2.24) is 9.55 Å². The summed E-state index contributed by atoms with van der Waals surface area (Å²) in [4.78, 5) is 4.35. The minimum absolute atomic E-state index is 0.261. The van der Waals surface area contributed by atoms with Crippen LogP contribution >= 0.6 is 0 Å². The highest BCUT2D eigenvalue weighted by Crippen LogP contribution is 2.31. The summed E-state index contributed by atoms with van der Waals surface area (Å²) in [5.74, 6) is 2.95. The number of halogens is 1. The molecule has 0 unspecified atom stereocenters. The first-order chi connectivity index (χ1) is 13.1. The van der Waals surface area contributed by atoms with E-state index in [2.05, 4.69) is 17.8 Å². The van der Waals surface area contributed by atoms with Crippen LogP contribution in [0.15, 0.2) is 36.5 Å². The average Bonchev–Trinajstić information content (AvgIpc) is 2.86. The zero-order valence-electron chi connectivity index (χ0n) is 15.8. The second-order valence-electron chi connectivity index (χ2n) is 6.16. The van der Waals surface area contributed by atoms with E-state index in [1.54, 1.807) is 18.3 Å². The van der Waals surface area contributed by atoms with Crippen LogP contribution in [0.3, 0.4) is 0 Å². The smallest absolute Gasteiger partial charge is 0.261 e. The van der Waals surface area contributed by atoms with Crippen molar-refractivity contribution in [3.05, 3.63) is 59.2 Å². The van der Waals surface area contributed by atoms with Gasteiger partial charge >= 0.3 is 0 Å². The molecular formula is C20H21FN2O4S. The Bertz CT molecular complexity index is 1110. The summed E-state index contributed by atoms with van der Waals surface area (Å²) < 4.78 is 46.8. The molecule has 0 aliphatic heterocycles. The first-order valence-corrected chi connectivity index (χ1v) is 10.1. The fourth-order valence-corrected chi connectivity index (χ4v) is 2.69. The topological polar surface area (TPSA) is 81.4 Å². The molecule has 0 atom stereocenters. The van der Waals surface area contributed by atoms with Crippen molar-refractivity contribution in [3.63, 3.8) is 0 Å². The number of hydrogen-bond acceptors (Lipinski definition) is 4. The van der Waals surface area contributed by atoms with Gasteiger partial charge in [0.2, 0.25) is 5.88 Å². The minimum atomic E-state index is -3.67. The Morgan fingerprint density at radius 3 is 2.43 bits per heavy atom. The van der Waals surface area contributed by atoms with E-state index in [1.807, 2.05) is 17.6 Å². The molecule has 0 saturated carbocycles. The predicted molar refractivity (Wildman–Crippen MR) is 106 cm³/mol. The zero-order valence-corrected chi connectivity index (χ0v) is 16.6. The van der Waals surface area contributed by atoms with Gasteiger partial charge in [0, 0.05) is 17.3 Å². The first kappa shape index (κ1) is 21.4. The Labute approximate surface area is 163 Å². The van der Waals surface area contributed by atoms with E-state index in [9.17, 15) is 12.8 Å². The van der Waals surface area contributed by atoms with Crippen molar-refractivity contribution in [2.24, 2.45) is 0 Å². The van der Waals surface area contributed by atoms with Gasteiger partial charge in [-0.15, -0.1) is 6.42 Å². The summed E-state index contributed by atoms with van der Waals surface area (Å²) in [6, 6.07) is 8.21. The van der Waals surface area contributed by atoms with Crippen LogP contribution in [0.1, 0.15) is 16.8 Å². The molecule has 148 valence electrons. The molecule has 1 aromatic carbocycles. The lowest BCUT2D eigenvalue weighted by Crippen LogP contribution is -2.03. The highest BCUT2D eigenvalue weighted by molar-refractivity contribution is 7.85. The summed E-state index contributed by atoms with van der Waals surface area (Å²) in [5, 5.41) is 1.09. The molecule has 0 saturated heterocycles. The molecule has 0 spiro atoms. The lowest BCUT2D eigenvalue weighted by Gasteiger charge is -2.10. The van der Waals surface area contributed by atoms with Crippen LogP contribution < -0.4 is 4.74 Å². The summed E-state index contributed by atoms with van der Waals surface area (Å²) in [7, 11) is -3.67. The first-order valence-electron chi connectivity index (χ1n) is 8.29. The van der Waals surface area contributed by atoms with Crippen molar-refractivity contribution in [2.75, 3.05) is 6.26 Å². The maximum atomic E-state index is 13.0. The molecule has 0 bridgehead atoms. The normalized spacial score (nSPS) is 10.9. The maximum Gasteiger partial charge on any atom is 0.261 e. The molecule has 0 aliphatic carbocycles. The highest BCUT2D eigenvalue weighted by Gasteiger charge is 2.15. The third-order valence-electron chi connectivity index (χ3n) is 4.05. The standard InChI is InChI=1S/C19H17FN2O.CH4O3S/c1-4-11-22-14(3)13(2)17-9-10-21-19(18(17)22)23-12-15-5-7-16(20)8-6-15;1-5(2,3)4/h1,5-10H,11-12H2,2-3H3;1H3,(H,2,3,4). The number of nitrogens with zero attached hydrogens (tertiary/aromatic N) is 2. The van der Waals surface area contributed by atoms with Crippen molar-refractivity contribution in [1.29, 1.82) is 0 Å². The second kappa shape index (κ2) is 8.87. The zero-order chi connectivity index (χ0) is 20.9. The molecule has 2 aromatic heterocycles. The number of aryl methyl sites for hydroxylation is 1. The average molecular weight is 404 g/mol. The Kier molecular flexibility index (Phi) is 6.78. The molecule has 1 N–H and O–H groups in total. The molecule has 6 nitrogen and oxygen atoms in total. The van der Waals surface area contributed by atoms with Gasteiger partial charge in [-0.1, -0.05) is 18.1 Å². The van der Waals surface area contributed by atoms with Gasteiger partial charge in [0.05, 0.1) is 12.8 Å². The van der Waals surface area contributed by atoms with Gasteiger partial charge in [0.1, 0.15) is 17.9 Å². The molecule has 3 rings (SSSR count). The SMILES string of the molecule is C#CCn1c(C)c(C)c2ccnc(OCc3ccc(F)cc3)c21.CS(=O)(=O)O. The predicted octanol–water partition coefficient (Wildman–Crippen LogP) is 3.51. The lowest BCUT2D eigenvalue weighted by atomic mass is 10.2. The third kappa shape index (κ3) is 5.55. The third-order valence-corrected chi connectivity index (χ3v) is 4.05. The van der Waals surface area contributed by atoms with Gasteiger partial charge < -0.3 is 9.30 Å². The van der Waals surface area contributed by atoms with Crippen LogP contribution in [-0.4, -0.2) is 28.8 Å². The number of fused-ring (bicyclic) bond motifs is 1. The summed E-state index contributed by atoms with van der Waals surface area (Å²) in [5.41, 5.74) is 4.07. The fraction of sp³-hybridized carbons (Fsp3) is 0.250. The van der Waals surface area contributed by atoms with Gasteiger partial charge in [0.25, 0.3) is 10.1 Å². The molecule has 3 aromatic rings. The fourth-order valence-electron chi connectivity index (χ4n) is 2.69. The number of hydrogen-bond donors (Lipinski definition) is 1. The van der Waals surface area contributed by atoms with E-state index in [0.29, 0.717) is 25.3 Å². The molecule has 0 aliphatic rings. The van der Waals surface area contributed by atoms with Crippen molar-refractivity contribution in [2.45, 2.75) is 27.0 Å². The Hall–Kier alpha value is -2.89. The number of ether oxygens (including phenoxy) is 1. The van der Waals surface area contributed by atoms with Gasteiger partial charge in [-0.3, -0.25) is 4.55 Å². The summed E-state index contributed by atoms with van der Waals surface area (Å²) >= 11 is 0. The molecule has 0 radical (unpaired) electrons. The van der Waals surface area contributed by atoms with E-state index in [-0.39, 0.29) is 5.82 Å². The number of benzene rings is 1. The summed E-state index contributed by atoms with van der Waals surface area (Å²) in [6.07, 6.45) is 7.94. The van der Waals surface area contributed by atoms with E-state index < -0.39 is 10.1 Å². The van der Waals surface area contributed by atoms with Crippen molar-refractivity contribution >= 4 is 21.0 Å². The minimum Gasteiger partial charge on any atom is -0.471 e. The summed E-state index contributed by atoms with van der Waals surface area (Å²) in [6.45, 7) is 4.89. The molecule has 28 heavy (non-hydrogen) atoms. The molecular weight excluding hydrogens is 383 g/mol. The quantitative estimate of drug-likeness (QED) is 0.532. The molecule has 0 fully saturated rings. The lowest BCUT2D eigenvalue weighted by molar-refractivity contribution is 0.296. The Balaban J connectivity index is 0.000000500. The highest BCUT2D eigenvalue weighted by atomic mass is 32.2. The van der Waals surface area contributed by atoms with E-state index in [0.717, 1.165) is 22.2 Å². The van der Waals surface area contributed by atoms with Crippen LogP contribution in [0.4, 0.5) is 4.39 Å². The Morgan fingerprint density at radius 2 is 1.86 bits per heavy atom. The van der Waals surface area contributed by atoms with Gasteiger partial charge in [-0.05, 0) is 43.2 Å². The van der Waals surface area contributed by atoms with Crippen molar-refractivity contribution in [3.8, 4) is 18.2 Å². The van der Waals surface area contributed by atoms with Gasteiger partial charge in [0.15, 0.2) is 0 Å². The molecule has 0 amide bonds. The largest absolute Gasteiger partial charge is 0.471 e. The van der Waals surface area contributed by atoms with Gasteiger partial charge in [-0.25, -0.2) is 9.37 Å². The second-order valence-corrected chi connectivity index (χ2v) is 7.63. The van der Waals surface area contributed by atoms with Crippen LogP contribution in [0.2, 0.25) is 0 Å². The number of pyridine rings is 1. The molecule has 2 heterocycles. The molecule has 8 heteroatoms. The van der Waals surface area contributed by atoms with Gasteiger partial charge in [-0.2, -0.15) is 8.42 Å². The van der Waals surface area contributed by atoms with E-state index >= 15 is 0 Å². The number of rotatable bonds is 4. The maximum absolute atomic E-state index is 13.0. The van der Waals surface area contributed by atoms with Crippen LogP contribution in [0, 0.1) is 32.0 Å². The van der Waals surface area contributed by atoms with Crippen molar-refractivity contribution < 1.29 is 22.1 Å². The van der Waals surface area contributed by atoms with Crippen LogP contribution in [0.25, 0.3) is 10.9 Å². The number of terminal acetylenes is 1. The van der Waals surface area contributed by atoms with Crippen LogP contribution in [-0.2, 0) is 23.3 Å². The van der Waals surface area contributed by atoms with Crippen LogP contribution in [0.5, 0.6) is 5.88 Å². The van der Waals surface area contributed by atoms with E-state index in [4.69, 9.17) is 15.7 Å². The Morgan fingerprint density at radius 1 is 1.25 bits per heavy atom. The van der Waals surface area contributed by atoms with E-state index in [1.165, 1.54) is 17.7 Å². The monoisotopic (exact) mass is 404 g/mol. The number of aromatic nitrogens is 2.